The van der Waals surface area contributed by atoms with Gasteiger partial charge in [-0.2, -0.15) is 31.4 Å². The number of morpholine rings is 1. The first-order valence-electron chi connectivity index (χ1n) is 13.9. The molecule has 0 amide bonds. The van der Waals surface area contributed by atoms with Crippen molar-refractivity contribution in [3.8, 4) is 0 Å². The van der Waals surface area contributed by atoms with E-state index in [2.05, 4.69) is 19.9 Å². The summed E-state index contributed by atoms with van der Waals surface area (Å²) in [6.45, 7) is 6.27. The third kappa shape index (κ3) is 7.31. The van der Waals surface area contributed by atoms with Crippen molar-refractivity contribution in [2.45, 2.75) is 63.6 Å². The SMILES string of the molecule is C[C@@H](O[C@H]1OCCN(Cc2ncnn2CCN2CCCC2)[C@H]1c1ccccc1)c1cc(C(F)(F)F)cc(C(F)(F)F)c1. The van der Waals surface area contributed by atoms with E-state index in [-0.39, 0.29) is 18.2 Å². The van der Waals surface area contributed by atoms with E-state index in [9.17, 15) is 26.3 Å². The van der Waals surface area contributed by atoms with Gasteiger partial charge in [-0.15, -0.1) is 0 Å². The quantitative estimate of drug-likeness (QED) is 0.279. The Bertz CT molecular complexity index is 1280. The first kappa shape index (κ1) is 30.5. The largest absolute Gasteiger partial charge is 0.416 e. The van der Waals surface area contributed by atoms with Crippen molar-refractivity contribution in [3.63, 3.8) is 0 Å². The summed E-state index contributed by atoms with van der Waals surface area (Å²) in [6, 6.07) is 10.3. The van der Waals surface area contributed by atoms with Gasteiger partial charge in [-0.1, -0.05) is 30.3 Å². The molecule has 3 aromatic rings. The van der Waals surface area contributed by atoms with Crippen LogP contribution in [0.5, 0.6) is 0 Å². The Labute approximate surface area is 240 Å². The lowest BCUT2D eigenvalue weighted by molar-refractivity contribution is -0.231. The second kappa shape index (κ2) is 12.7. The Balaban J connectivity index is 1.38. The Morgan fingerprint density at radius 2 is 1.60 bits per heavy atom. The van der Waals surface area contributed by atoms with Gasteiger partial charge in [-0.05, 0) is 62.2 Å². The van der Waals surface area contributed by atoms with Crippen LogP contribution in [0.1, 0.15) is 60.0 Å². The van der Waals surface area contributed by atoms with Gasteiger partial charge in [-0.3, -0.25) is 4.90 Å². The van der Waals surface area contributed by atoms with Crippen molar-refractivity contribution in [1.82, 2.24) is 24.6 Å². The van der Waals surface area contributed by atoms with Crippen LogP contribution >= 0.6 is 0 Å². The molecular weight excluding hydrogens is 564 g/mol. The number of hydrogen-bond donors (Lipinski definition) is 0. The molecule has 0 radical (unpaired) electrons. The topological polar surface area (TPSA) is 55.7 Å². The molecule has 0 bridgehead atoms. The van der Waals surface area contributed by atoms with Crippen LogP contribution in [0, 0.1) is 0 Å². The van der Waals surface area contributed by atoms with Crippen molar-refractivity contribution < 1.29 is 35.8 Å². The molecular formula is C29H33F6N5O2. The molecule has 5 rings (SSSR count). The lowest BCUT2D eigenvalue weighted by Crippen LogP contribution is -2.46. The summed E-state index contributed by atoms with van der Waals surface area (Å²) >= 11 is 0. The van der Waals surface area contributed by atoms with Crippen LogP contribution in [0.2, 0.25) is 0 Å². The summed E-state index contributed by atoms with van der Waals surface area (Å²) in [5.41, 5.74) is -2.19. The normalized spacial score (nSPS) is 21.6. The van der Waals surface area contributed by atoms with Gasteiger partial charge in [0.15, 0.2) is 6.29 Å². The summed E-state index contributed by atoms with van der Waals surface area (Å²) in [7, 11) is 0. The number of rotatable bonds is 9. The van der Waals surface area contributed by atoms with Gasteiger partial charge in [0, 0.05) is 13.1 Å². The lowest BCUT2D eigenvalue weighted by Gasteiger charge is -2.42. The summed E-state index contributed by atoms with van der Waals surface area (Å²) in [6.07, 6.45) is -8.12. The minimum Gasteiger partial charge on any atom is -0.349 e. The number of aromatic nitrogens is 3. The fourth-order valence-corrected chi connectivity index (χ4v) is 5.51. The Hall–Kier alpha value is -3.00. The van der Waals surface area contributed by atoms with Crippen LogP contribution in [0.25, 0.3) is 0 Å². The van der Waals surface area contributed by atoms with E-state index in [1.807, 2.05) is 35.0 Å². The Morgan fingerprint density at radius 3 is 2.24 bits per heavy atom. The highest BCUT2D eigenvalue weighted by Crippen LogP contribution is 2.39. The standard InChI is InChI=1S/C29H33F6N5O2/c1-20(22-15-23(28(30,31)32)17-24(16-22)29(33,34)35)42-27-26(21-7-3-2-4-8-21)39(13-14-41-27)18-25-36-19-37-40(25)12-11-38-9-5-6-10-38/h2-4,7-8,15-17,19-20,26-27H,5-6,9-14,18H2,1H3/t20-,26+,27-/m1/s1. The minimum absolute atomic E-state index is 0.113. The van der Waals surface area contributed by atoms with Crippen molar-refractivity contribution in [2.24, 2.45) is 0 Å². The molecule has 0 saturated carbocycles. The van der Waals surface area contributed by atoms with E-state index in [1.165, 1.54) is 26.1 Å². The van der Waals surface area contributed by atoms with Gasteiger partial charge < -0.3 is 14.4 Å². The number of benzene rings is 2. The predicted octanol–water partition coefficient (Wildman–Crippen LogP) is 6.09. The van der Waals surface area contributed by atoms with Crippen molar-refractivity contribution in [3.05, 3.63) is 82.9 Å². The van der Waals surface area contributed by atoms with Gasteiger partial charge in [0.25, 0.3) is 0 Å². The Kier molecular flexibility index (Phi) is 9.21. The molecule has 0 spiro atoms. The molecule has 2 aliphatic rings. The maximum absolute atomic E-state index is 13.5. The average molecular weight is 598 g/mol. The number of likely N-dealkylation sites (tertiary alicyclic amines) is 1. The van der Waals surface area contributed by atoms with E-state index in [1.54, 1.807) is 0 Å². The number of halogens is 6. The first-order valence-corrected chi connectivity index (χ1v) is 13.9. The van der Waals surface area contributed by atoms with Crippen LogP contribution in [0.15, 0.2) is 54.9 Å². The van der Waals surface area contributed by atoms with E-state index in [0.29, 0.717) is 31.8 Å². The van der Waals surface area contributed by atoms with E-state index >= 15 is 0 Å². The highest BCUT2D eigenvalue weighted by molar-refractivity contribution is 5.34. The molecule has 228 valence electrons. The smallest absolute Gasteiger partial charge is 0.349 e. The zero-order chi connectivity index (χ0) is 29.9. The fourth-order valence-electron chi connectivity index (χ4n) is 5.51. The minimum atomic E-state index is -4.95. The molecule has 3 atom stereocenters. The maximum Gasteiger partial charge on any atom is 0.416 e. The average Bonchev–Trinajstić information content (AvgIpc) is 3.63. The van der Waals surface area contributed by atoms with Gasteiger partial charge in [-0.25, -0.2) is 9.67 Å². The number of ether oxygens (including phenoxy) is 2. The van der Waals surface area contributed by atoms with Crippen molar-refractivity contribution in [1.29, 1.82) is 0 Å². The van der Waals surface area contributed by atoms with Gasteiger partial charge >= 0.3 is 12.4 Å². The highest BCUT2D eigenvalue weighted by atomic mass is 19.4. The summed E-state index contributed by atoms with van der Waals surface area (Å²) in [5, 5.41) is 4.41. The molecule has 0 N–H and O–H groups in total. The van der Waals surface area contributed by atoms with Gasteiger partial charge in [0.1, 0.15) is 12.2 Å². The Morgan fingerprint density at radius 1 is 0.929 bits per heavy atom. The second-order valence-electron chi connectivity index (χ2n) is 10.6. The number of nitrogens with zero attached hydrogens (tertiary/aromatic N) is 5. The van der Waals surface area contributed by atoms with Crippen LogP contribution in [-0.4, -0.2) is 63.6 Å². The first-order chi connectivity index (χ1) is 20.0. The molecule has 1 aromatic heterocycles. The summed E-state index contributed by atoms with van der Waals surface area (Å²) in [4.78, 5) is 8.96. The van der Waals surface area contributed by atoms with Crippen LogP contribution in [-0.2, 0) is 34.9 Å². The van der Waals surface area contributed by atoms with Crippen molar-refractivity contribution in [2.75, 3.05) is 32.8 Å². The number of hydrogen-bond acceptors (Lipinski definition) is 6. The molecule has 2 fully saturated rings. The second-order valence-corrected chi connectivity index (χ2v) is 10.6. The molecule has 3 heterocycles. The molecule has 13 heteroatoms. The molecule has 7 nitrogen and oxygen atoms in total. The van der Waals surface area contributed by atoms with Crippen LogP contribution in [0.3, 0.4) is 0 Å². The molecule has 2 aromatic carbocycles. The third-order valence-electron chi connectivity index (χ3n) is 7.74. The van der Waals surface area contributed by atoms with E-state index in [0.717, 1.165) is 31.0 Å². The summed E-state index contributed by atoms with van der Waals surface area (Å²) in [5.74, 6) is 0.747. The molecule has 2 saturated heterocycles. The van der Waals surface area contributed by atoms with Gasteiger partial charge in [0.2, 0.25) is 0 Å². The maximum atomic E-state index is 13.5. The number of alkyl halides is 6. The molecule has 2 aliphatic heterocycles. The van der Waals surface area contributed by atoms with Crippen molar-refractivity contribution >= 4 is 0 Å². The molecule has 0 aliphatic carbocycles. The zero-order valence-corrected chi connectivity index (χ0v) is 23.1. The van der Waals surface area contributed by atoms with Crippen LogP contribution in [0.4, 0.5) is 26.3 Å². The molecule has 0 unspecified atom stereocenters. The monoisotopic (exact) mass is 597 g/mol. The zero-order valence-electron chi connectivity index (χ0n) is 23.1. The van der Waals surface area contributed by atoms with Gasteiger partial charge in [0.05, 0.1) is 43.0 Å². The van der Waals surface area contributed by atoms with E-state index in [4.69, 9.17) is 9.47 Å². The fraction of sp³-hybridized carbons (Fsp3) is 0.517. The van der Waals surface area contributed by atoms with Crippen LogP contribution < -0.4 is 0 Å². The lowest BCUT2D eigenvalue weighted by atomic mass is 10.0. The molecule has 42 heavy (non-hydrogen) atoms. The predicted molar refractivity (Wildman–Crippen MR) is 141 cm³/mol. The summed E-state index contributed by atoms with van der Waals surface area (Å²) < 4.78 is 94.9. The third-order valence-corrected chi connectivity index (χ3v) is 7.74. The van der Waals surface area contributed by atoms with E-state index < -0.39 is 41.9 Å². The highest BCUT2D eigenvalue weighted by Gasteiger charge is 2.39.